The number of benzene rings is 3. The fourth-order valence-electron chi connectivity index (χ4n) is 4.00. The molecule has 0 aromatic heterocycles. The van der Waals surface area contributed by atoms with Gasteiger partial charge in [-0.2, -0.15) is 0 Å². The smallest absolute Gasteiger partial charge is 0.253 e. The quantitative estimate of drug-likeness (QED) is 0.632. The van der Waals surface area contributed by atoms with Crippen molar-refractivity contribution in [1.29, 1.82) is 0 Å². The molecule has 2 atom stereocenters. The van der Waals surface area contributed by atoms with Crippen LogP contribution < -0.4 is 5.32 Å². The number of hydrogen-bond donors (Lipinski definition) is 1. The first-order chi connectivity index (χ1) is 15.0. The molecule has 0 unspecified atom stereocenters. The van der Waals surface area contributed by atoms with E-state index in [-0.39, 0.29) is 29.5 Å². The first-order valence-corrected chi connectivity index (χ1v) is 10.5. The van der Waals surface area contributed by atoms with E-state index in [2.05, 4.69) is 5.32 Å². The van der Waals surface area contributed by atoms with Crippen molar-refractivity contribution in [1.82, 2.24) is 10.2 Å². The van der Waals surface area contributed by atoms with Crippen molar-refractivity contribution in [2.75, 3.05) is 13.1 Å². The molecule has 1 fully saturated rings. The van der Waals surface area contributed by atoms with Crippen molar-refractivity contribution in [2.45, 2.75) is 12.5 Å². The molecule has 1 aliphatic heterocycles. The Bertz CT molecular complexity index is 1070. The van der Waals surface area contributed by atoms with Gasteiger partial charge in [-0.05, 0) is 41.5 Å². The summed E-state index contributed by atoms with van der Waals surface area (Å²) < 4.78 is 13.1. The maximum atomic E-state index is 13.1. The predicted octanol–water partition coefficient (Wildman–Crippen LogP) is 4.65. The molecule has 158 valence electrons. The molecule has 1 heterocycles. The average molecular weight is 437 g/mol. The largest absolute Gasteiger partial charge is 0.352 e. The van der Waals surface area contributed by atoms with Gasteiger partial charge in [0, 0.05) is 36.1 Å². The van der Waals surface area contributed by atoms with Crippen molar-refractivity contribution >= 4 is 23.4 Å². The molecule has 3 aromatic carbocycles. The van der Waals surface area contributed by atoms with E-state index < -0.39 is 0 Å². The van der Waals surface area contributed by atoms with Crippen LogP contribution >= 0.6 is 11.6 Å². The summed E-state index contributed by atoms with van der Waals surface area (Å²) in [5.41, 5.74) is 2.34. The van der Waals surface area contributed by atoms with Crippen LogP contribution in [0.3, 0.4) is 0 Å². The first kappa shape index (κ1) is 21.1. The van der Waals surface area contributed by atoms with Crippen LogP contribution in [0.25, 0.3) is 0 Å². The Morgan fingerprint density at radius 2 is 1.71 bits per heavy atom. The van der Waals surface area contributed by atoms with Gasteiger partial charge in [-0.3, -0.25) is 9.59 Å². The number of nitrogens with one attached hydrogen (secondary N) is 1. The van der Waals surface area contributed by atoms with Crippen LogP contribution in [0, 0.1) is 11.7 Å². The summed E-state index contributed by atoms with van der Waals surface area (Å²) in [6.07, 6.45) is 0. The fourth-order valence-corrected chi connectivity index (χ4v) is 4.19. The first-order valence-electron chi connectivity index (χ1n) is 10.1. The molecule has 3 aromatic rings. The second-order valence-electron chi connectivity index (χ2n) is 7.69. The average Bonchev–Trinajstić information content (AvgIpc) is 3.24. The van der Waals surface area contributed by atoms with Crippen molar-refractivity contribution < 1.29 is 14.0 Å². The van der Waals surface area contributed by atoms with Crippen LogP contribution in [0.1, 0.15) is 27.4 Å². The zero-order valence-corrected chi connectivity index (χ0v) is 17.6. The minimum atomic E-state index is -0.383. The van der Waals surface area contributed by atoms with E-state index in [1.54, 1.807) is 41.3 Å². The molecule has 0 bridgehead atoms. The Morgan fingerprint density at radius 1 is 0.968 bits per heavy atom. The second-order valence-corrected chi connectivity index (χ2v) is 8.12. The number of halogens is 2. The second kappa shape index (κ2) is 9.31. The highest BCUT2D eigenvalue weighted by Crippen LogP contribution is 2.34. The van der Waals surface area contributed by atoms with Gasteiger partial charge in [0.25, 0.3) is 5.91 Å². The molecule has 0 spiro atoms. The Kier molecular flexibility index (Phi) is 6.33. The van der Waals surface area contributed by atoms with Crippen molar-refractivity contribution in [3.05, 3.63) is 106 Å². The molecule has 6 heteroatoms. The van der Waals surface area contributed by atoms with Crippen LogP contribution in [-0.2, 0) is 11.3 Å². The van der Waals surface area contributed by atoms with Crippen LogP contribution in [-0.4, -0.2) is 29.8 Å². The SMILES string of the molecule is O=C(NCc1ccc(F)cc1)[C@@H]1CN(C(=O)c2cccc(Cl)c2)C[C@H]1c1ccccc1. The van der Waals surface area contributed by atoms with Crippen molar-refractivity contribution in [3.63, 3.8) is 0 Å². The molecule has 31 heavy (non-hydrogen) atoms. The van der Waals surface area contributed by atoms with E-state index in [0.717, 1.165) is 11.1 Å². The van der Waals surface area contributed by atoms with Gasteiger partial charge < -0.3 is 10.2 Å². The summed E-state index contributed by atoms with van der Waals surface area (Å²) in [6, 6.07) is 22.6. The standard InChI is InChI=1S/C25H22ClFN2O2/c26-20-8-4-7-19(13-20)25(31)29-15-22(18-5-2-1-3-6-18)23(16-29)24(30)28-14-17-9-11-21(27)12-10-17/h1-13,22-23H,14-16H2,(H,28,30)/t22-,23+/m0/s1. The lowest BCUT2D eigenvalue weighted by molar-refractivity contribution is -0.125. The lowest BCUT2D eigenvalue weighted by atomic mass is 9.88. The minimum absolute atomic E-state index is 0.113. The third kappa shape index (κ3) is 4.94. The van der Waals surface area contributed by atoms with E-state index >= 15 is 0 Å². The Balaban J connectivity index is 1.52. The zero-order chi connectivity index (χ0) is 21.8. The topological polar surface area (TPSA) is 49.4 Å². The molecule has 0 aliphatic carbocycles. The highest BCUT2D eigenvalue weighted by atomic mass is 35.5. The van der Waals surface area contributed by atoms with E-state index in [4.69, 9.17) is 11.6 Å². The number of likely N-dealkylation sites (tertiary alicyclic amines) is 1. The molecular weight excluding hydrogens is 415 g/mol. The van der Waals surface area contributed by atoms with Gasteiger partial charge in [0.15, 0.2) is 0 Å². The van der Waals surface area contributed by atoms with E-state index in [9.17, 15) is 14.0 Å². The molecule has 1 N–H and O–H groups in total. The Morgan fingerprint density at radius 3 is 2.42 bits per heavy atom. The monoisotopic (exact) mass is 436 g/mol. The maximum Gasteiger partial charge on any atom is 0.253 e. The molecule has 1 aliphatic rings. The van der Waals surface area contributed by atoms with Crippen LogP contribution in [0.2, 0.25) is 5.02 Å². The minimum Gasteiger partial charge on any atom is -0.352 e. The van der Waals surface area contributed by atoms with Gasteiger partial charge in [0.2, 0.25) is 5.91 Å². The summed E-state index contributed by atoms with van der Waals surface area (Å²) in [5.74, 6) is -1.08. The lowest BCUT2D eigenvalue weighted by Gasteiger charge is -2.18. The molecule has 2 amide bonds. The van der Waals surface area contributed by atoms with Crippen molar-refractivity contribution in [3.8, 4) is 0 Å². The van der Waals surface area contributed by atoms with Gasteiger partial charge in [-0.25, -0.2) is 4.39 Å². The normalized spacial score (nSPS) is 18.1. The summed E-state index contributed by atoms with van der Waals surface area (Å²) in [4.78, 5) is 27.9. The third-order valence-electron chi connectivity index (χ3n) is 5.62. The van der Waals surface area contributed by atoms with Crippen molar-refractivity contribution in [2.24, 2.45) is 5.92 Å². The molecule has 4 nitrogen and oxygen atoms in total. The van der Waals surface area contributed by atoms with Crippen LogP contribution in [0.5, 0.6) is 0 Å². The zero-order valence-electron chi connectivity index (χ0n) is 16.8. The van der Waals surface area contributed by atoms with Gasteiger partial charge in [-0.1, -0.05) is 60.1 Å². The van der Waals surface area contributed by atoms with Crippen LogP contribution in [0.15, 0.2) is 78.9 Å². The Labute approximate surface area is 185 Å². The third-order valence-corrected chi connectivity index (χ3v) is 5.86. The fraction of sp³-hybridized carbons (Fsp3) is 0.200. The number of amides is 2. The highest BCUT2D eigenvalue weighted by molar-refractivity contribution is 6.30. The van der Waals surface area contributed by atoms with E-state index in [0.29, 0.717) is 30.2 Å². The van der Waals surface area contributed by atoms with Gasteiger partial charge >= 0.3 is 0 Å². The van der Waals surface area contributed by atoms with Gasteiger partial charge in [0.05, 0.1) is 5.92 Å². The summed E-state index contributed by atoms with van der Waals surface area (Å²) in [6.45, 7) is 1.07. The van der Waals surface area contributed by atoms with E-state index in [1.807, 2.05) is 30.3 Å². The number of rotatable bonds is 5. The summed E-state index contributed by atoms with van der Waals surface area (Å²) in [5, 5.41) is 3.45. The number of nitrogens with zero attached hydrogens (tertiary/aromatic N) is 1. The Hall–Kier alpha value is -3.18. The van der Waals surface area contributed by atoms with E-state index in [1.165, 1.54) is 12.1 Å². The van der Waals surface area contributed by atoms with Gasteiger partial charge in [-0.15, -0.1) is 0 Å². The lowest BCUT2D eigenvalue weighted by Crippen LogP contribution is -2.35. The van der Waals surface area contributed by atoms with Gasteiger partial charge in [0.1, 0.15) is 5.82 Å². The molecule has 4 rings (SSSR count). The number of carbonyl (C=O) groups is 2. The number of hydrogen-bond acceptors (Lipinski definition) is 2. The molecular formula is C25H22ClFN2O2. The van der Waals surface area contributed by atoms with Crippen LogP contribution in [0.4, 0.5) is 4.39 Å². The highest BCUT2D eigenvalue weighted by Gasteiger charge is 2.40. The summed E-state index contributed by atoms with van der Waals surface area (Å²) >= 11 is 6.05. The molecule has 1 saturated heterocycles. The molecule has 0 radical (unpaired) electrons. The molecule has 0 saturated carbocycles. The predicted molar refractivity (Wildman–Crippen MR) is 118 cm³/mol. The maximum absolute atomic E-state index is 13.1. The summed E-state index contributed by atoms with van der Waals surface area (Å²) in [7, 11) is 0. The number of carbonyl (C=O) groups excluding carboxylic acids is 2.